The number of aromatic nitrogens is 2. The van der Waals surface area contributed by atoms with Crippen molar-refractivity contribution in [2.75, 3.05) is 0 Å². The maximum absolute atomic E-state index is 5.73. The first-order valence-corrected chi connectivity index (χ1v) is 5.32. The molecule has 1 aromatic heterocycles. The molecule has 2 N–H and O–H groups in total. The molecule has 4 heteroatoms. The molecule has 0 atom stereocenters. The molecule has 0 radical (unpaired) electrons. The van der Waals surface area contributed by atoms with E-state index in [1.807, 2.05) is 35.1 Å². The third-order valence-corrected chi connectivity index (χ3v) is 2.89. The van der Waals surface area contributed by atoms with Gasteiger partial charge in [0.15, 0.2) is 0 Å². The predicted octanol–water partition coefficient (Wildman–Crippen LogP) is 1.36. The van der Waals surface area contributed by atoms with Gasteiger partial charge in [-0.25, -0.2) is 4.68 Å². The minimum atomic E-state index is 0.520. The van der Waals surface area contributed by atoms with Crippen molar-refractivity contribution in [3.8, 4) is 5.69 Å². The van der Waals surface area contributed by atoms with Crippen LogP contribution in [0.5, 0.6) is 0 Å². The molecule has 1 aliphatic rings. The zero-order valence-electron chi connectivity index (χ0n) is 8.89. The van der Waals surface area contributed by atoms with Crippen molar-refractivity contribution in [3.05, 3.63) is 47.3 Å². The summed E-state index contributed by atoms with van der Waals surface area (Å²) < 4.78 is 7.33. The molecular weight excluding hydrogens is 202 g/mol. The Bertz CT molecular complexity index is 519. The molecule has 1 aliphatic heterocycles. The third-order valence-electron chi connectivity index (χ3n) is 2.89. The molecule has 0 amide bonds. The summed E-state index contributed by atoms with van der Waals surface area (Å²) in [5, 5.41) is 4.40. The van der Waals surface area contributed by atoms with Crippen LogP contribution in [-0.2, 0) is 24.5 Å². The number of rotatable bonds is 2. The van der Waals surface area contributed by atoms with E-state index in [1.165, 1.54) is 5.56 Å². The Morgan fingerprint density at radius 2 is 2.19 bits per heavy atom. The molecule has 0 saturated heterocycles. The molecule has 0 spiro atoms. The Morgan fingerprint density at radius 3 is 3.06 bits per heavy atom. The van der Waals surface area contributed by atoms with Crippen LogP contribution in [0.25, 0.3) is 5.69 Å². The summed E-state index contributed by atoms with van der Waals surface area (Å²) in [7, 11) is 0. The molecule has 0 fully saturated rings. The maximum Gasteiger partial charge on any atom is 0.0897 e. The fourth-order valence-corrected chi connectivity index (χ4v) is 2.04. The van der Waals surface area contributed by atoms with Gasteiger partial charge in [-0.15, -0.1) is 0 Å². The summed E-state index contributed by atoms with van der Waals surface area (Å²) in [6.45, 7) is 1.82. The van der Waals surface area contributed by atoms with Gasteiger partial charge in [0.1, 0.15) is 0 Å². The van der Waals surface area contributed by atoms with Gasteiger partial charge < -0.3 is 10.5 Å². The molecule has 3 rings (SSSR count). The van der Waals surface area contributed by atoms with E-state index in [9.17, 15) is 0 Å². The molecule has 0 bridgehead atoms. The van der Waals surface area contributed by atoms with Gasteiger partial charge in [-0.1, -0.05) is 18.2 Å². The van der Waals surface area contributed by atoms with Crippen LogP contribution in [0.15, 0.2) is 30.5 Å². The minimum Gasteiger partial charge on any atom is -0.370 e. The van der Waals surface area contributed by atoms with E-state index >= 15 is 0 Å². The highest BCUT2D eigenvalue weighted by atomic mass is 16.5. The van der Waals surface area contributed by atoms with Crippen molar-refractivity contribution in [1.82, 2.24) is 9.78 Å². The van der Waals surface area contributed by atoms with Crippen molar-refractivity contribution in [1.29, 1.82) is 0 Å². The summed E-state index contributed by atoms with van der Waals surface area (Å²) >= 11 is 0. The van der Waals surface area contributed by atoms with E-state index in [0.29, 0.717) is 19.8 Å². The molecular formula is C12H13N3O. The van der Waals surface area contributed by atoms with Crippen molar-refractivity contribution >= 4 is 0 Å². The first-order valence-electron chi connectivity index (χ1n) is 5.32. The van der Waals surface area contributed by atoms with Crippen LogP contribution < -0.4 is 5.73 Å². The lowest BCUT2D eigenvalue weighted by Gasteiger charge is -2.09. The normalized spacial score (nSPS) is 14.1. The SMILES string of the molecule is NCc1ccccc1-n1ncc2c1COC2. The van der Waals surface area contributed by atoms with Gasteiger partial charge in [-0.2, -0.15) is 5.10 Å². The zero-order chi connectivity index (χ0) is 11.0. The number of fused-ring (bicyclic) bond motifs is 1. The lowest BCUT2D eigenvalue weighted by molar-refractivity contribution is 0.130. The van der Waals surface area contributed by atoms with Crippen LogP contribution in [0.1, 0.15) is 16.8 Å². The Morgan fingerprint density at radius 1 is 1.31 bits per heavy atom. The minimum absolute atomic E-state index is 0.520. The standard InChI is InChI=1S/C12H13N3O/c13-5-9-3-1-2-4-11(9)15-12-8-16-7-10(12)6-14-15/h1-4,6H,5,7-8,13H2. The molecule has 0 unspecified atom stereocenters. The largest absolute Gasteiger partial charge is 0.370 e. The van der Waals surface area contributed by atoms with Crippen LogP contribution in [0.3, 0.4) is 0 Å². The lowest BCUT2D eigenvalue weighted by atomic mass is 10.1. The van der Waals surface area contributed by atoms with Gasteiger partial charge in [0.05, 0.1) is 30.8 Å². The Labute approximate surface area is 93.6 Å². The molecule has 2 aromatic rings. The number of ether oxygens (including phenoxy) is 1. The molecule has 0 aliphatic carbocycles. The van der Waals surface area contributed by atoms with E-state index in [-0.39, 0.29) is 0 Å². The summed E-state index contributed by atoms with van der Waals surface area (Å²) in [5.41, 5.74) is 10.2. The second-order valence-corrected chi connectivity index (χ2v) is 3.85. The lowest BCUT2D eigenvalue weighted by Crippen LogP contribution is -2.07. The zero-order valence-corrected chi connectivity index (χ0v) is 8.89. The van der Waals surface area contributed by atoms with E-state index in [2.05, 4.69) is 5.10 Å². The van der Waals surface area contributed by atoms with E-state index in [0.717, 1.165) is 16.9 Å². The van der Waals surface area contributed by atoms with Gasteiger partial charge in [-0.3, -0.25) is 0 Å². The quantitative estimate of drug-likeness (QED) is 0.823. The summed E-state index contributed by atoms with van der Waals surface area (Å²) in [4.78, 5) is 0. The average Bonchev–Trinajstić information content (AvgIpc) is 2.91. The number of nitrogens with two attached hydrogens (primary N) is 1. The van der Waals surface area contributed by atoms with Crippen molar-refractivity contribution < 1.29 is 4.74 Å². The Kier molecular flexibility index (Phi) is 2.23. The molecule has 16 heavy (non-hydrogen) atoms. The molecule has 0 saturated carbocycles. The number of para-hydroxylation sites is 1. The number of benzene rings is 1. The Hall–Kier alpha value is -1.65. The van der Waals surface area contributed by atoms with Gasteiger partial charge >= 0.3 is 0 Å². The molecule has 1 aromatic carbocycles. The summed E-state index contributed by atoms with van der Waals surface area (Å²) in [6, 6.07) is 8.05. The van der Waals surface area contributed by atoms with Crippen LogP contribution in [0.4, 0.5) is 0 Å². The highest BCUT2D eigenvalue weighted by Crippen LogP contribution is 2.23. The third kappa shape index (κ3) is 1.35. The first-order chi connectivity index (χ1) is 7.90. The van der Waals surface area contributed by atoms with Crippen LogP contribution in [0.2, 0.25) is 0 Å². The van der Waals surface area contributed by atoms with E-state index in [1.54, 1.807) is 0 Å². The van der Waals surface area contributed by atoms with E-state index in [4.69, 9.17) is 10.5 Å². The fraction of sp³-hybridized carbons (Fsp3) is 0.250. The fourth-order valence-electron chi connectivity index (χ4n) is 2.04. The first kappa shape index (κ1) is 9.57. The van der Waals surface area contributed by atoms with Crippen molar-refractivity contribution in [2.45, 2.75) is 19.8 Å². The summed E-state index contributed by atoms with van der Waals surface area (Å²) in [5.74, 6) is 0. The van der Waals surface area contributed by atoms with Crippen molar-refractivity contribution in [2.24, 2.45) is 5.73 Å². The second kappa shape index (κ2) is 3.73. The monoisotopic (exact) mass is 215 g/mol. The maximum atomic E-state index is 5.73. The van der Waals surface area contributed by atoms with Gasteiger partial charge in [-0.05, 0) is 11.6 Å². The Balaban J connectivity index is 2.15. The van der Waals surface area contributed by atoms with Crippen LogP contribution in [0, 0.1) is 0 Å². The smallest absolute Gasteiger partial charge is 0.0897 e. The van der Waals surface area contributed by atoms with Gasteiger partial charge in [0.25, 0.3) is 0 Å². The number of hydrogen-bond acceptors (Lipinski definition) is 3. The summed E-state index contributed by atoms with van der Waals surface area (Å²) in [6.07, 6.45) is 1.87. The molecule has 82 valence electrons. The highest BCUT2D eigenvalue weighted by Gasteiger charge is 2.18. The second-order valence-electron chi connectivity index (χ2n) is 3.85. The van der Waals surface area contributed by atoms with Crippen molar-refractivity contribution in [3.63, 3.8) is 0 Å². The number of hydrogen-bond donors (Lipinski definition) is 1. The highest BCUT2D eigenvalue weighted by molar-refractivity contribution is 5.42. The van der Waals surface area contributed by atoms with Gasteiger partial charge in [0.2, 0.25) is 0 Å². The molecule has 4 nitrogen and oxygen atoms in total. The topological polar surface area (TPSA) is 53.1 Å². The average molecular weight is 215 g/mol. The van der Waals surface area contributed by atoms with Crippen LogP contribution >= 0.6 is 0 Å². The predicted molar refractivity (Wildman–Crippen MR) is 59.9 cm³/mol. The number of nitrogens with zero attached hydrogens (tertiary/aromatic N) is 2. The molecule has 2 heterocycles. The van der Waals surface area contributed by atoms with Gasteiger partial charge in [0, 0.05) is 12.1 Å². The van der Waals surface area contributed by atoms with E-state index < -0.39 is 0 Å². The van der Waals surface area contributed by atoms with Crippen LogP contribution in [-0.4, -0.2) is 9.78 Å².